The Morgan fingerprint density at radius 3 is 2.47 bits per heavy atom. The van der Waals surface area contributed by atoms with Gasteiger partial charge in [0.25, 0.3) is 0 Å². The lowest BCUT2D eigenvalue weighted by Gasteiger charge is -2.19. The highest BCUT2D eigenvalue weighted by molar-refractivity contribution is 5.56. The number of hydrogen-bond acceptors (Lipinski definition) is 3. The van der Waals surface area contributed by atoms with Crippen LogP contribution in [0.5, 0.6) is 11.5 Å². The van der Waals surface area contributed by atoms with E-state index in [4.69, 9.17) is 0 Å². The predicted molar refractivity (Wildman–Crippen MR) is 60.6 cm³/mol. The topological polar surface area (TPSA) is 30.5 Å². The average Bonchev–Trinajstić information content (AvgIpc) is 2.46. The van der Waals surface area contributed by atoms with E-state index in [0.717, 1.165) is 12.2 Å². The molecule has 0 amide bonds. The second-order valence-electron chi connectivity index (χ2n) is 5.24. The molecule has 0 fully saturated rings. The van der Waals surface area contributed by atoms with Gasteiger partial charge in [0.1, 0.15) is 0 Å². The SMILES string of the molecule is CC(C)(C)CNc1ccc2c(c1)OC(F)(F)O2. The lowest BCUT2D eigenvalue weighted by molar-refractivity contribution is -0.286. The molecule has 1 aliphatic heterocycles. The number of ether oxygens (including phenoxy) is 2. The molecule has 0 aromatic heterocycles. The van der Waals surface area contributed by atoms with Crippen LogP contribution in [0, 0.1) is 5.41 Å². The quantitative estimate of drug-likeness (QED) is 0.862. The highest BCUT2D eigenvalue weighted by Gasteiger charge is 2.43. The summed E-state index contributed by atoms with van der Waals surface area (Å²) in [6, 6.07) is 4.68. The van der Waals surface area contributed by atoms with E-state index in [-0.39, 0.29) is 16.9 Å². The van der Waals surface area contributed by atoms with Gasteiger partial charge in [-0.2, -0.15) is 0 Å². The van der Waals surface area contributed by atoms with Crippen molar-refractivity contribution in [1.82, 2.24) is 0 Å². The third-order valence-electron chi connectivity index (χ3n) is 2.22. The van der Waals surface area contributed by atoms with Crippen molar-refractivity contribution in [3.63, 3.8) is 0 Å². The maximum Gasteiger partial charge on any atom is 0.586 e. The Kier molecular flexibility index (Phi) is 2.64. The predicted octanol–water partition coefficient (Wildman–Crippen LogP) is 3.47. The monoisotopic (exact) mass is 243 g/mol. The van der Waals surface area contributed by atoms with Crippen LogP contribution in [-0.4, -0.2) is 12.8 Å². The lowest BCUT2D eigenvalue weighted by Crippen LogP contribution is -2.25. The summed E-state index contributed by atoms with van der Waals surface area (Å²) < 4.78 is 34.2. The summed E-state index contributed by atoms with van der Waals surface area (Å²) >= 11 is 0. The first-order valence-corrected chi connectivity index (χ1v) is 5.39. The fourth-order valence-electron chi connectivity index (χ4n) is 1.43. The first-order valence-electron chi connectivity index (χ1n) is 5.39. The highest BCUT2D eigenvalue weighted by atomic mass is 19.3. The zero-order valence-corrected chi connectivity index (χ0v) is 10.0. The first-order chi connectivity index (χ1) is 7.75. The van der Waals surface area contributed by atoms with E-state index in [1.165, 1.54) is 12.1 Å². The Morgan fingerprint density at radius 1 is 1.18 bits per heavy atom. The molecular formula is C12H15F2NO2. The van der Waals surface area contributed by atoms with Crippen LogP contribution < -0.4 is 14.8 Å². The van der Waals surface area contributed by atoms with E-state index in [0.29, 0.717) is 0 Å². The van der Waals surface area contributed by atoms with Crippen molar-refractivity contribution in [2.24, 2.45) is 5.41 Å². The van der Waals surface area contributed by atoms with Crippen molar-refractivity contribution < 1.29 is 18.3 Å². The van der Waals surface area contributed by atoms with Crippen LogP contribution in [0.4, 0.5) is 14.5 Å². The van der Waals surface area contributed by atoms with Crippen LogP contribution in [0.3, 0.4) is 0 Å². The van der Waals surface area contributed by atoms with Crippen molar-refractivity contribution >= 4 is 5.69 Å². The van der Waals surface area contributed by atoms with Crippen LogP contribution in [0.25, 0.3) is 0 Å². The largest absolute Gasteiger partial charge is 0.586 e. The maximum absolute atomic E-state index is 12.8. The summed E-state index contributed by atoms with van der Waals surface area (Å²) in [4.78, 5) is 0. The molecule has 2 rings (SSSR count). The van der Waals surface area contributed by atoms with Gasteiger partial charge in [0.05, 0.1) is 0 Å². The highest BCUT2D eigenvalue weighted by Crippen LogP contribution is 2.42. The van der Waals surface area contributed by atoms with Gasteiger partial charge in [0, 0.05) is 18.3 Å². The van der Waals surface area contributed by atoms with E-state index < -0.39 is 6.29 Å². The summed E-state index contributed by atoms with van der Waals surface area (Å²) in [5.41, 5.74) is 0.848. The summed E-state index contributed by atoms with van der Waals surface area (Å²) in [6.45, 7) is 6.99. The Labute approximate surface area is 98.7 Å². The van der Waals surface area contributed by atoms with E-state index in [9.17, 15) is 8.78 Å². The molecule has 0 spiro atoms. The molecular weight excluding hydrogens is 228 g/mol. The Balaban J connectivity index is 2.09. The number of fused-ring (bicyclic) bond motifs is 1. The number of nitrogens with one attached hydrogen (secondary N) is 1. The minimum absolute atomic E-state index is 0.0638. The molecule has 1 aliphatic rings. The molecule has 0 unspecified atom stereocenters. The molecule has 0 aliphatic carbocycles. The fourth-order valence-corrected chi connectivity index (χ4v) is 1.43. The van der Waals surface area contributed by atoms with Crippen molar-refractivity contribution in [2.75, 3.05) is 11.9 Å². The third kappa shape index (κ3) is 2.99. The fraction of sp³-hybridized carbons (Fsp3) is 0.500. The number of halogens is 2. The van der Waals surface area contributed by atoms with E-state index in [1.54, 1.807) is 6.07 Å². The van der Waals surface area contributed by atoms with Crippen molar-refractivity contribution in [2.45, 2.75) is 27.1 Å². The lowest BCUT2D eigenvalue weighted by atomic mass is 9.97. The number of benzene rings is 1. The van der Waals surface area contributed by atoms with Gasteiger partial charge >= 0.3 is 6.29 Å². The van der Waals surface area contributed by atoms with Crippen molar-refractivity contribution in [3.05, 3.63) is 18.2 Å². The van der Waals surface area contributed by atoms with Gasteiger partial charge in [-0.25, -0.2) is 0 Å². The summed E-state index contributed by atoms with van der Waals surface area (Å²) in [7, 11) is 0. The van der Waals surface area contributed by atoms with Gasteiger partial charge in [-0.1, -0.05) is 20.8 Å². The van der Waals surface area contributed by atoms with E-state index in [2.05, 4.69) is 35.6 Å². The van der Waals surface area contributed by atoms with Gasteiger partial charge in [0.2, 0.25) is 0 Å². The van der Waals surface area contributed by atoms with Crippen LogP contribution in [0.15, 0.2) is 18.2 Å². The smallest absolute Gasteiger partial charge is 0.395 e. The van der Waals surface area contributed by atoms with Crippen LogP contribution in [-0.2, 0) is 0 Å². The molecule has 0 atom stereocenters. The van der Waals surface area contributed by atoms with Crippen molar-refractivity contribution in [1.29, 1.82) is 0 Å². The molecule has 0 saturated carbocycles. The van der Waals surface area contributed by atoms with Crippen LogP contribution in [0.1, 0.15) is 20.8 Å². The average molecular weight is 243 g/mol. The molecule has 0 saturated heterocycles. The minimum Gasteiger partial charge on any atom is -0.395 e. The summed E-state index contributed by atoms with van der Waals surface area (Å²) in [5, 5.41) is 3.16. The zero-order valence-electron chi connectivity index (χ0n) is 10.0. The molecule has 1 aromatic rings. The molecule has 0 radical (unpaired) electrons. The molecule has 1 N–H and O–H groups in total. The molecule has 94 valence electrons. The molecule has 1 aromatic carbocycles. The Bertz CT molecular complexity index is 427. The normalized spacial score (nSPS) is 17.0. The zero-order chi connectivity index (χ0) is 12.7. The van der Waals surface area contributed by atoms with E-state index >= 15 is 0 Å². The van der Waals surface area contributed by atoms with Gasteiger partial charge in [-0.05, 0) is 17.5 Å². The number of hydrogen-bond donors (Lipinski definition) is 1. The third-order valence-corrected chi connectivity index (χ3v) is 2.22. The second-order valence-corrected chi connectivity index (χ2v) is 5.24. The van der Waals surface area contributed by atoms with Gasteiger partial charge in [-0.3, -0.25) is 0 Å². The molecule has 17 heavy (non-hydrogen) atoms. The minimum atomic E-state index is -3.55. The molecule has 5 heteroatoms. The van der Waals surface area contributed by atoms with E-state index in [1.807, 2.05) is 0 Å². The van der Waals surface area contributed by atoms with Gasteiger partial charge in [-0.15, -0.1) is 8.78 Å². The first kappa shape index (κ1) is 12.0. The standard InChI is InChI=1S/C12H15F2NO2/c1-11(2,3)7-15-8-4-5-9-10(6-8)17-12(13,14)16-9/h4-6,15H,7H2,1-3H3. The number of rotatable bonds is 2. The van der Waals surface area contributed by atoms with Crippen LogP contribution in [0.2, 0.25) is 0 Å². The summed E-state index contributed by atoms with van der Waals surface area (Å²) in [5.74, 6) is 0.130. The maximum atomic E-state index is 12.8. The summed E-state index contributed by atoms with van der Waals surface area (Å²) in [6.07, 6.45) is -3.55. The molecule has 0 bridgehead atoms. The number of anilines is 1. The Morgan fingerprint density at radius 2 is 1.82 bits per heavy atom. The second kappa shape index (κ2) is 3.75. The van der Waals surface area contributed by atoms with Crippen LogP contribution >= 0.6 is 0 Å². The Hall–Kier alpha value is -1.52. The van der Waals surface area contributed by atoms with Gasteiger partial charge < -0.3 is 14.8 Å². The molecule has 3 nitrogen and oxygen atoms in total. The molecule has 1 heterocycles. The van der Waals surface area contributed by atoms with Crippen molar-refractivity contribution in [3.8, 4) is 11.5 Å². The number of alkyl halides is 2. The van der Waals surface area contributed by atoms with Gasteiger partial charge in [0.15, 0.2) is 11.5 Å².